The summed E-state index contributed by atoms with van der Waals surface area (Å²) in [7, 11) is 0. The fraction of sp³-hybridized carbons (Fsp3) is 0.543. The van der Waals surface area contributed by atoms with Crippen LogP contribution in [0.2, 0.25) is 0 Å². The summed E-state index contributed by atoms with van der Waals surface area (Å²) in [6, 6.07) is 9.72. The molecule has 0 unspecified atom stereocenters. The molecule has 43 heavy (non-hydrogen) atoms. The summed E-state index contributed by atoms with van der Waals surface area (Å²) < 4.78 is 5.61. The molecule has 0 spiro atoms. The second-order valence-electron chi connectivity index (χ2n) is 11.3. The first-order chi connectivity index (χ1) is 20.8. The average Bonchev–Trinajstić information content (AvgIpc) is 2.97. The van der Waals surface area contributed by atoms with Gasteiger partial charge in [-0.15, -0.1) is 0 Å². The van der Waals surface area contributed by atoms with E-state index in [1.165, 1.54) is 126 Å². The minimum atomic E-state index is -1.26. The normalized spacial score (nSPS) is 10.8. The van der Waals surface area contributed by atoms with Crippen LogP contribution in [0, 0.1) is 0 Å². The Kier molecular flexibility index (Phi) is 17.4. The molecule has 0 aliphatic rings. The molecule has 0 aromatic heterocycles. The summed E-state index contributed by atoms with van der Waals surface area (Å²) in [6.07, 6.45) is 20.3. The molecule has 0 radical (unpaired) electrons. The maximum absolute atomic E-state index is 12.4. The van der Waals surface area contributed by atoms with E-state index in [0.717, 1.165) is 19.3 Å². The third kappa shape index (κ3) is 15.4. The molecule has 3 N–H and O–H groups in total. The predicted octanol–water partition coefficient (Wildman–Crippen LogP) is 9.42. The summed E-state index contributed by atoms with van der Waals surface area (Å²) >= 11 is 0. The monoisotopic (exact) mass is 595 g/mol. The number of carbonyl (C=O) groups excluding carboxylic acids is 2. The highest BCUT2D eigenvalue weighted by Crippen LogP contribution is 2.28. The number of ether oxygens (including phenoxy) is 1. The molecule has 0 atom stereocenters. The number of carboxylic acid groups (broad SMARTS) is 2. The molecule has 2 rings (SSSR count). The highest BCUT2D eigenvalue weighted by Gasteiger charge is 2.16. The topological polar surface area (TPSA) is 130 Å². The van der Waals surface area contributed by atoms with Gasteiger partial charge in [-0.05, 0) is 48.9 Å². The van der Waals surface area contributed by atoms with E-state index < -0.39 is 17.8 Å². The lowest BCUT2D eigenvalue weighted by atomic mass is 10.0. The highest BCUT2D eigenvalue weighted by molar-refractivity contribution is 6.05. The van der Waals surface area contributed by atoms with Crippen molar-refractivity contribution in [2.45, 2.75) is 122 Å². The minimum Gasteiger partial charge on any atom is -0.478 e. The van der Waals surface area contributed by atoms with Crippen molar-refractivity contribution in [3.63, 3.8) is 0 Å². The highest BCUT2D eigenvalue weighted by atomic mass is 16.5. The van der Waals surface area contributed by atoms with Crippen LogP contribution in [0.3, 0.4) is 0 Å². The van der Waals surface area contributed by atoms with Gasteiger partial charge < -0.3 is 20.3 Å². The number of amides is 1. The Balaban J connectivity index is 1.58. The van der Waals surface area contributed by atoms with E-state index in [9.17, 15) is 24.3 Å². The van der Waals surface area contributed by atoms with Crippen molar-refractivity contribution in [3.05, 3.63) is 53.6 Å². The number of carboxylic acids is 2. The van der Waals surface area contributed by atoms with Gasteiger partial charge in [0, 0.05) is 12.1 Å². The molecule has 8 heteroatoms. The summed E-state index contributed by atoms with van der Waals surface area (Å²) in [5.74, 6) is -2.66. The second kappa shape index (κ2) is 21.1. The van der Waals surface area contributed by atoms with Crippen LogP contribution >= 0.6 is 0 Å². The van der Waals surface area contributed by atoms with Crippen LogP contribution in [-0.4, -0.2) is 33.8 Å². The largest absolute Gasteiger partial charge is 0.478 e. The first-order valence-corrected chi connectivity index (χ1v) is 16.0. The zero-order valence-corrected chi connectivity index (χ0v) is 25.7. The van der Waals surface area contributed by atoms with Crippen LogP contribution in [0.4, 0.5) is 5.69 Å². The summed E-state index contributed by atoms with van der Waals surface area (Å²) in [4.78, 5) is 47.4. The SMILES string of the molecule is CCCCCCCCCCCCCCCCCCC(=O)CC(=O)Nc1ccc(Oc2ccc(C(=O)O)cc2)c(C(=O)O)c1. The van der Waals surface area contributed by atoms with Crippen molar-refractivity contribution in [2.75, 3.05) is 5.32 Å². The van der Waals surface area contributed by atoms with Gasteiger partial charge >= 0.3 is 11.9 Å². The standard InChI is InChI=1S/C35H49NO7/c1-2-3-4-5-6-7-8-9-10-11-12-13-14-15-16-17-18-29(37)26-33(38)36-28-21-24-32(31(25-28)35(41)42)43-30-22-19-27(20-23-30)34(39)40/h19-25H,2-18,26H2,1H3,(H,36,38)(H,39,40)(H,41,42). The summed E-state index contributed by atoms with van der Waals surface area (Å²) in [5.41, 5.74) is 0.138. The first-order valence-electron chi connectivity index (χ1n) is 16.0. The van der Waals surface area contributed by atoms with Crippen molar-refractivity contribution in [2.24, 2.45) is 0 Å². The summed E-state index contributed by atoms with van der Waals surface area (Å²) in [5, 5.41) is 21.2. The summed E-state index contributed by atoms with van der Waals surface area (Å²) in [6.45, 7) is 2.26. The Bertz CT molecular complexity index is 1140. The maximum Gasteiger partial charge on any atom is 0.339 e. The van der Waals surface area contributed by atoms with E-state index in [-0.39, 0.29) is 40.5 Å². The number of nitrogens with one attached hydrogen (secondary N) is 1. The molecule has 0 saturated carbocycles. The molecule has 2 aromatic rings. The quantitative estimate of drug-likeness (QED) is 0.0814. The van der Waals surface area contributed by atoms with Gasteiger partial charge in [-0.25, -0.2) is 9.59 Å². The Morgan fingerprint density at radius 1 is 0.651 bits per heavy atom. The Labute approximate surface area is 256 Å². The predicted molar refractivity (Wildman–Crippen MR) is 169 cm³/mol. The number of hydrogen-bond donors (Lipinski definition) is 3. The third-order valence-corrected chi connectivity index (χ3v) is 7.49. The number of aromatic carboxylic acids is 2. The molecule has 0 fully saturated rings. The van der Waals surface area contributed by atoms with Gasteiger partial charge in [0.1, 0.15) is 22.8 Å². The number of benzene rings is 2. The number of unbranched alkanes of at least 4 members (excludes halogenated alkanes) is 15. The van der Waals surface area contributed by atoms with Gasteiger partial charge in [0.2, 0.25) is 5.91 Å². The van der Waals surface area contributed by atoms with Crippen molar-refractivity contribution >= 4 is 29.3 Å². The molecule has 0 heterocycles. The smallest absolute Gasteiger partial charge is 0.339 e. The number of carbonyl (C=O) groups is 4. The molecule has 8 nitrogen and oxygen atoms in total. The fourth-order valence-corrected chi connectivity index (χ4v) is 5.00. The van der Waals surface area contributed by atoms with E-state index in [1.807, 2.05) is 0 Å². The Morgan fingerprint density at radius 3 is 1.65 bits per heavy atom. The van der Waals surface area contributed by atoms with Crippen LogP contribution < -0.4 is 10.1 Å². The fourth-order valence-electron chi connectivity index (χ4n) is 5.00. The lowest BCUT2D eigenvalue weighted by Gasteiger charge is -2.11. The number of ketones is 1. The van der Waals surface area contributed by atoms with Gasteiger partial charge in [0.05, 0.1) is 12.0 Å². The van der Waals surface area contributed by atoms with Crippen LogP contribution in [0.15, 0.2) is 42.5 Å². The van der Waals surface area contributed by atoms with E-state index in [1.54, 1.807) is 0 Å². The molecule has 0 aliphatic carbocycles. The van der Waals surface area contributed by atoms with Crippen LogP contribution in [0.25, 0.3) is 0 Å². The lowest BCUT2D eigenvalue weighted by molar-refractivity contribution is -0.125. The van der Waals surface area contributed by atoms with Crippen molar-refractivity contribution in [3.8, 4) is 11.5 Å². The van der Waals surface area contributed by atoms with E-state index >= 15 is 0 Å². The minimum absolute atomic E-state index is 0.0353. The van der Waals surface area contributed by atoms with E-state index in [4.69, 9.17) is 9.84 Å². The Hall–Kier alpha value is -3.68. The third-order valence-electron chi connectivity index (χ3n) is 7.49. The second-order valence-corrected chi connectivity index (χ2v) is 11.3. The van der Waals surface area contributed by atoms with Crippen LogP contribution in [0.1, 0.15) is 143 Å². The Morgan fingerprint density at radius 2 is 1.16 bits per heavy atom. The van der Waals surface area contributed by atoms with Gasteiger partial charge in [0.15, 0.2) is 0 Å². The lowest BCUT2D eigenvalue weighted by Crippen LogP contribution is -2.16. The number of anilines is 1. The zero-order valence-electron chi connectivity index (χ0n) is 25.7. The van der Waals surface area contributed by atoms with Crippen molar-refractivity contribution < 1.29 is 34.1 Å². The van der Waals surface area contributed by atoms with Crippen LogP contribution in [0.5, 0.6) is 11.5 Å². The molecule has 0 saturated heterocycles. The average molecular weight is 596 g/mol. The molecular weight excluding hydrogens is 546 g/mol. The molecule has 0 bridgehead atoms. The van der Waals surface area contributed by atoms with E-state index in [0.29, 0.717) is 6.42 Å². The number of rotatable bonds is 24. The molecule has 236 valence electrons. The molecule has 1 amide bonds. The van der Waals surface area contributed by atoms with Crippen molar-refractivity contribution in [1.82, 2.24) is 0 Å². The van der Waals surface area contributed by atoms with Crippen LogP contribution in [-0.2, 0) is 9.59 Å². The number of hydrogen-bond acceptors (Lipinski definition) is 5. The van der Waals surface area contributed by atoms with Gasteiger partial charge in [-0.1, -0.05) is 103 Å². The van der Waals surface area contributed by atoms with Gasteiger partial charge in [-0.3, -0.25) is 9.59 Å². The molecular formula is C35H49NO7. The maximum atomic E-state index is 12.4. The van der Waals surface area contributed by atoms with Gasteiger partial charge in [-0.2, -0.15) is 0 Å². The zero-order chi connectivity index (χ0) is 31.3. The van der Waals surface area contributed by atoms with Gasteiger partial charge in [0.25, 0.3) is 0 Å². The molecule has 2 aromatic carbocycles. The number of Topliss-reactive ketones (excluding diaryl/α,β-unsaturated/α-hetero) is 1. The van der Waals surface area contributed by atoms with Crippen molar-refractivity contribution in [1.29, 1.82) is 0 Å². The first kappa shape index (κ1) is 35.5. The molecule has 0 aliphatic heterocycles. The van der Waals surface area contributed by atoms with E-state index in [2.05, 4.69) is 12.2 Å².